The van der Waals surface area contributed by atoms with Gasteiger partial charge in [-0.05, 0) is 42.0 Å². The molecule has 1 aliphatic carbocycles. The maximum absolute atomic E-state index is 13.8. The zero-order valence-corrected chi connectivity index (χ0v) is 15.2. The molecular formula is C21H23FN2O2. The van der Waals surface area contributed by atoms with Crippen molar-refractivity contribution in [3.8, 4) is 0 Å². The molecule has 0 heterocycles. The highest BCUT2D eigenvalue weighted by Gasteiger charge is 2.56. The molecule has 0 aliphatic heterocycles. The van der Waals surface area contributed by atoms with Gasteiger partial charge in [0.05, 0.1) is 5.69 Å². The van der Waals surface area contributed by atoms with Crippen molar-refractivity contribution >= 4 is 23.2 Å². The molecule has 0 saturated heterocycles. The van der Waals surface area contributed by atoms with Crippen LogP contribution in [0.25, 0.3) is 0 Å². The van der Waals surface area contributed by atoms with E-state index in [1.807, 2.05) is 24.3 Å². The highest BCUT2D eigenvalue weighted by molar-refractivity contribution is 6.17. The van der Waals surface area contributed by atoms with Gasteiger partial charge >= 0.3 is 0 Å². The second-order valence-corrected chi connectivity index (χ2v) is 7.77. The molecule has 2 aromatic rings. The Morgan fingerprint density at radius 1 is 0.885 bits per heavy atom. The van der Waals surface area contributed by atoms with E-state index >= 15 is 0 Å². The number of anilines is 2. The van der Waals surface area contributed by atoms with Crippen LogP contribution in [0.3, 0.4) is 0 Å². The smallest absolute Gasteiger partial charge is 0.240 e. The Balaban J connectivity index is 1.78. The molecule has 0 unspecified atom stereocenters. The number of rotatable bonds is 4. The fourth-order valence-corrected chi connectivity index (χ4v) is 2.97. The van der Waals surface area contributed by atoms with Gasteiger partial charge in [-0.2, -0.15) is 0 Å². The minimum absolute atomic E-state index is 0.0895. The fourth-order valence-electron chi connectivity index (χ4n) is 2.97. The third kappa shape index (κ3) is 3.47. The molecule has 136 valence electrons. The maximum Gasteiger partial charge on any atom is 0.240 e. The van der Waals surface area contributed by atoms with Crippen LogP contribution in [0, 0.1) is 11.2 Å². The molecular weight excluding hydrogens is 331 g/mol. The van der Waals surface area contributed by atoms with Gasteiger partial charge in [0.1, 0.15) is 11.2 Å². The number of hydrogen-bond donors (Lipinski definition) is 2. The van der Waals surface area contributed by atoms with Gasteiger partial charge in [-0.15, -0.1) is 0 Å². The van der Waals surface area contributed by atoms with E-state index in [4.69, 9.17) is 0 Å². The van der Waals surface area contributed by atoms with E-state index in [0.29, 0.717) is 18.5 Å². The van der Waals surface area contributed by atoms with Crippen molar-refractivity contribution in [1.82, 2.24) is 0 Å². The summed E-state index contributed by atoms with van der Waals surface area (Å²) in [6.45, 7) is 6.20. The van der Waals surface area contributed by atoms with E-state index < -0.39 is 17.1 Å². The number of carbonyl (C=O) groups excluding carboxylic acids is 2. The van der Waals surface area contributed by atoms with Crippen LogP contribution >= 0.6 is 0 Å². The minimum atomic E-state index is -1.13. The fraction of sp³-hybridized carbons (Fsp3) is 0.333. The van der Waals surface area contributed by atoms with Gasteiger partial charge in [-0.1, -0.05) is 51.1 Å². The van der Waals surface area contributed by atoms with Gasteiger partial charge in [-0.25, -0.2) is 4.39 Å². The van der Waals surface area contributed by atoms with Crippen molar-refractivity contribution in [2.75, 3.05) is 10.6 Å². The molecule has 3 rings (SSSR count). The average molecular weight is 354 g/mol. The van der Waals surface area contributed by atoms with Crippen LogP contribution in [-0.2, 0) is 15.0 Å². The Morgan fingerprint density at radius 3 is 1.92 bits per heavy atom. The van der Waals surface area contributed by atoms with Crippen molar-refractivity contribution in [2.45, 2.75) is 39.0 Å². The number of hydrogen-bond acceptors (Lipinski definition) is 2. The van der Waals surface area contributed by atoms with Crippen LogP contribution in [0.4, 0.5) is 15.8 Å². The topological polar surface area (TPSA) is 58.2 Å². The van der Waals surface area contributed by atoms with Crippen molar-refractivity contribution in [1.29, 1.82) is 0 Å². The summed E-state index contributed by atoms with van der Waals surface area (Å²) in [5.74, 6) is -1.33. The van der Waals surface area contributed by atoms with Gasteiger partial charge in [0.15, 0.2) is 0 Å². The number of amides is 2. The SMILES string of the molecule is CC(C)(C)c1ccccc1NC(=O)C1(C(=O)Nc2ccccc2F)CC1. The second kappa shape index (κ2) is 6.56. The Hall–Kier alpha value is -2.69. The Morgan fingerprint density at radius 2 is 1.38 bits per heavy atom. The minimum Gasteiger partial charge on any atom is -0.325 e. The molecule has 4 nitrogen and oxygen atoms in total. The molecule has 0 atom stereocenters. The molecule has 2 amide bonds. The van der Waals surface area contributed by atoms with Gasteiger partial charge in [0, 0.05) is 5.69 Å². The number of benzene rings is 2. The number of para-hydroxylation sites is 2. The van der Waals surface area contributed by atoms with Crippen LogP contribution in [-0.4, -0.2) is 11.8 Å². The molecule has 1 fully saturated rings. The lowest BCUT2D eigenvalue weighted by Crippen LogP contribution is -2.36. The standard InChI is InChI=1S/C21H23FN2O2/c1-20(2,3)14-8-4-6-10-16(14)23-18(25)21(12-13-21)19(26)24-17-11-7-5-9-15(17)22/h4-11H,12-13H2,1-3H3,(H,23,25)(H,24,26). The number of carbonyl (C=O) groups is 2. The van der Waals surface area contributed by atoms with Crippen LogP contribution in [0.15, 0.2) is 48.5 Å². The van der Waals surface area contributed by atoms with Gasteiger partial charge in [0.25, 0.3) is 0 Å². The molecule has 0 radical (unpaired) electrons. The lowest BCUT2D eigenvalue weighted by atomic mass is 9.85. The van der Waals surface area contributed by atoms with Crippen molar-refractivity contribution in [3.63, 3.8) is 0 Å². The second-order valence-electron chi connectivity index (χ2n) is 7.77. The molecule has 0 bridgehead atoms. The van der Waals surface area contributed by atoms with Gasteiger partial charge in [0.2, 0.25) is 11.8 Å². The van der Waals surface area contributed by atoms with Crippen LogP contribution in [0.5, 0.6) is 0 Å². The van der Waals surface area contributed by atoms with E-state index in [2.05, 4.69) is 31.4 Å². The summed E-state index contributed by atoms with van der Waals surface area (Å²) in [7, 11) is 0. The number of halogens is 1. The summed E-state index contributed by atoms with van der Waals surface area (Å²) in [6.07, 6.45) is 0.910. The highest BCUT2D eigenvalue weighted by Crippen LogP contribution is 2.48. The van der Waals surface area contributed by atoms with Crippen molar-refractivity contribution in [2.24, 2.45) is 5.41 Å². The summed E-state index contributed by atoms with van der Waals surface area (Å²) < 4.78 is 13.8. The summed E-state index contributed by atoms with van der Waals surface area (Å²) in [4.78, 5) is 25.5. The third-order valence-corrected chi connectivity index (χ3v) is 4.72. The first-order chi connectivity index (χ1) is 12.2. The normalized spacial score (nSPS) is 15.2. The van der Waals surface area contributed by atoms with Gasteiger partial charge < -0.3 is 10.6 Å². The summed E-state index contributed by atoms with van der Waals surface area (Å²) in [5, 5.41) is 5.46. The van der Waals surface area contributed by atoms with Gasteiger partial charge in [-0.3, -0.25) is 9.59 Å². The van der Waals surface area contributed by atoms with E-state index in [1.165, 1.54) is 12.1 Å². The predicted octanol–water partition coefficient (Wildman–Crippen LogP) is 4.48. The average Bonchev–Trinajstić information content (AvgIpc) is 3.38. The number of nitrogens with one attached hydrogen (secondary N) is 2. The third-order valence-electron chi connectivity index (χ3n) is 4.72. The molecule has 1 saturated carbocycles. The van der Waals surface area contributed by atoms with Crippen LogP contribution in [0.1, 0.15) is 39.2 Å². The molecule has 2 N–H and O–H groups in total. The summed E-state index contributed by atoms with van der Waals surface area (Å²) in [6, 6.07) is 13.5. The van der Waals surface area contributed by atoms with E-state index in [9.17, 15) is 14.0 Å². The first-order valence-corrected chi connectivity index (χ1v) is 8.71. The summed E-state index contributed by atoms with van der Waals surface area (Å²) in [5.41, 5.74) is 0.517. The van der Waals surface area contributed by atoms with E-state index in [1.54, 1.807) is 12.1 Å². The lowest BCUT2D eigenvalue weighted by molar-refractivity contribution is -0.131. The Labute approximate surface area is 152 Å². The highest BCUT2D eigenvalue weighted by atomic mass is 19.1. The molecule has 0 aromatic heterocycles. The van der Waals surface area contributed by atoms with Crippen LogP contribution in [0.2, 0.25) is 0 Å². The monoisotopic (exact) mass is 354 g/mol. The van der Waals surface area contributed by atoms with Crippen molar-refractivity contribution in [3.05, 3.63) is 59.9 Å². The quantitative estimate of drug-likeness (QED) is 0.795. The predicted molar refractivity (Wildman–Crippen MR) is 100 cm³/mol. The summed E-state index contributed by atoms with van der Waals surface area (Å²) >= 11 is 0. The zero-order valence-electron chi connectivity index (χ0n) is 15.2. The Bertz CT molecular complexity index is 851. The van der Waals surface area contributed by atoms with E-state index in [-0.39, 0.29) is 17.0 Å². The molecule has 2 aromatic carbocycles. The molecule has 5 heteroatoms. The Kier molecular flexibility index (Phi) is 4.57. The molecule has 1 aliphatic rings. The largest absolute Gasteiger partial charge is 0.325 e. The zero-order chi connectivity index (χ0) is 18.9. The first kappa shape index (κ1) is 18.1. The first-order valence-electron chi connectivity index (χ1n) is 8.71. The molecule has 26 heavy (non-hydrogen) atoms. The van der Waals surface area contributed by atoms with Crippen LogP contribution < -0.4 is 10.6 Å². The molecule has 0 spiro atoms. The van der Waals surface area contributed by atoms with Crippen molar-refractivity contribution < 1.29 is 14.0 Å². The lowest BCUT2D eigenvalue weighted by Gasteiger charge is -2.24. The van der Waals surface area contributed by atoms with E-state index in [0.717, 1.165) is 5.56 Å². The maximum atomic E-state index is 13.8.